The highest BCUT2D eigenvalue weighted by atomic mass is 16.3. The molecule has 1 fully saturated rings. The molecule has 0 bridgehead atoms. The van der Waals surface area contributed by atoms with Crippen LogP contribution >= 0.6 is 0 Å². The van der Waals surface area contributed by atoms with Gasteiger partial charge >= 0.3 is 0 Å². The standard InChI is InChI=1S/C12H19N3O2/c1-9(16)8-10-4-3-7-15(10)12(17)11-5-6-13-14(11)2/h5-6,9-10,16H,3-4,7-8H2,1-2H3. The minimum absolute atomic E-state index is 0.0214. The van der Waals surface area contributed by atoms with Crippen molar-refractivity contribution in [3.63, 3.8) is 0 Å². The van der Waals surface area contributed by atoms with Crippen molar-refractivity contribution in [3.8, 4) is 0 Å². The first-order valence-electron chi connectivity index (χ1n) is 6.06. The summed E-state index contributed by atoms with van der Waals surface area (Å²) in [5, 5.41) is 13.5. The van der Waals surface area contributed by atoms with Gasteiger partial charge in [-0.25, -0.2) is 0 Å². The second kappa shape index (κ2) is 4.87. The Morgan fingerprint density at radius 2 is 2.47 bits per heavy atom. The van der Waals surface area contributed by atoms with E-state index < -0.39 is 0 Å². The number of hydrogen-bond donors (Lipinski definition) is 1. The Hall–Kier alpha value is -1.36. The van der Waals surface area contributed by atoms with Crippen LogP contribution in [-0.2, 0) is 7.05 Å². The summed E-state index contributed by atoms with van der Waals surface area (Å²) in [4.78, 5) is 14.2. The van der Waals surface area contributed by atoms with Gasteiger partial charge in [0.1, 0.15) is 5.69 Å². The highest BCUT2D eigenvalue weighted by Gasteiger charge is 2.31. The number of aryl methyl sites for hydroxylation is 1. The van der Waals surface area contributed by atoms with E-state index in [9.17, 15) is 9.90 Å². The van der Waals surface area contributed by atoms with E-state index in [0.717, 1.165) is 19.4 Å². The molecule has 17 heavy (non-hydrogen) atoms. The molecular weight excluding hydrogens is 218 g/mol. The Morgan fingerprint density at radius 1 is 1.71 bits per heavy atom. The van der Waals surface area contributed by atoms with E-state index in [2.05, 4.69) is 5.10 Å². The monoisotopic (exact) mass is 237 g/mol. The predicted octanol–water partition coefficient (Wildman–Crippen LogP) is 0.796. The van der Waals surface area contributed by atoms with Crippen molar-refractivity contribution in [2.24, 2.45) is 7.05 Å². The topological polar surface area (TPSA) is 58.4 Å². The van der Waals surface area contributed by atoms with Gasteiger partial charge in [0.2, 0.25) is 0 Å². The summed E-state index contributed by atoms with van der Waals surface area (Å²) < 4.78 is 1.60. The van der Waals surface area contributed by atoms with E-state index in [1.165, 1.54) is 0 Å². The first-order valence-corrected chi connectivity index (χ1v) is 6.06. The highest BCUT2D eigenvalue weighted by Crippen LogP contribution is 2.23. The molecule has 1 saturated heterocycles. The minimum Gasteiger partial charge on any atom is -0.393 e. The van der Waals surface area contributed by atoms with E-state index in [-0.39, 0.29) is 18.1 Å². The number of rotatable bonds is 3. The average Bonchev–Trinajstić information content (AvgIpc) is 2.85. The lowest BCUT2D eigenvalue weighted by Crippen LogP contribution is -2.38. The molecule has 0 saturated carbocycles. The van der Waals surface area contributed by atoms with Crippen LogP contribution in [0.15, 0.2) is 12.3 Å². The van der Waals surface area contributed by atoms with Gasteiger partial charge in [-0.05, 0) is 32.3 Å². The molecular formula is C12H19N3O2. The molecule has 1 aliphatic rings. The molecule has 5 nitrogen and oxygen atoms in total. The van der Waals surface area contributed by atoms with Crippen LogP contribution < -0.4 is 0 Å². The maximum atomic E-state index is 12.3. The number of aliphatic hydroxyl groups is 1. The Balaban J connectivity index is 2.11. The molecule has 1 N–H and O–H groups in total. The number of nitrogens with zero attached hydrogens (tertiary/aromatic N) is 3. The Morgan fingerprint density at radius 3 is 3.06 bits per heavy atom. The summed E-state index contributed by atoms with van der Waals surface area (Å²) in [6.07, 6.45) is 3.92. The van der Waals surface area contributed by atoms with Crippen LogP contribution in [0.25, 0.3) is 0 Å². The van der Waals surface area contributed by atoms with Crippen molar-refractivity contribution < 1.29 is 9.90 Å². The van der Waals surface area contributed by atoms with Crippen LogP contribution in [0.3, 0.4) is 0 Å². The van der Waals surface area contributed by atoms with Gasteiger partial charge in [0, 0.05) is 25.8 Å². The maximum Gasteiger partial charge on any atom is 0.272 e. The Kier molecular flexibility index (Phi) is 3.47. The van der Waals surface area contributed by atoms with E-state index in [1.54, 1.807) is 30.9 Å². The third-order valence-corrected chi connectivity index (χ3v) is 3.29. The van der Waals surface area contributed by atoms with Crippen molar-refractivity contribution in [1.82, 2.24) is 14.7 Å². The van der Waals surface area contributed by atoms with Crippen molar-refractivity contribution in [1.29, 1.82) is 0 Å². The van der Waals surface area contributed by atoms with E-state index >= 15 is 0 Å². The smallest absolute Gasteiger partial charge is 0.272 e. The van der Waals surface area contributed by atoms with E-state index in [4.69, 9.17) is 0 Å². The summed E-state index contributed by atoms with van der Waals surface area (Å²) in [6, 6.07) is 1.90. The van der Waals surface area contributed by atoms with Gasteiger partial charge in [-0.3, -0.25) is 9.48 Å². The fraction of sp³-hybridized carbons (Fsp3) is 0.667. The summed E-state index contributed by atoms with van der Waals surface area (Å²) in [6.45, 7) is 2.55. The zero-order chi connectivity index (χ0) is 12.4. The van der Waals surface area contributed by atoms with Crippen LogP contribution in [0.5, 0.6) is 0 Å². The molecule has 2 atom stereocenters. The van der Waals surface area contributed by atoms with Gasteiger partial charge in [-0.1, -0.05) is 0 Å². The largest absolute Gasteiger partial charge is 0.393 e. The number of carbonyl (C=O) groups is 1. The normalized spacial score (nSPS) is 21.8. The zero-order valence-corrected chi connectivity index (χ0v) is 10.3. The Labute approximate surface area is 101 Å². The number of hydrogen-bond acceptors (Lipinski definition) is 3. The van der Waals surface area contributed by atoms with Crippen molar-refractivity contribution in [2.45, 2.75) is 38.3 Å². The predicted molar refractivity (Wildman–Crippen MR) is 63.6 cm³/mol. The molecule has 2 heterocycles. The lowest BCUT2D eigenvalue weighted by molar-refractivity contribution is 0.0671. The van der Waals surface area contributed by atoms with Crippen LogP contribution in [0, 0.1) is 0 Å². The molecule has 1 aromatic rings. The molecule has 1 aliphatic heterocycles. The molecule has 1 amide bonds. The van der Waals surface area contributed by atoms with Crippen molar-refractivity contribution in [3.05, 3.63) is 18.0 Å². The van der Waals surface area contributed by atoms with Crippen LogP contribution in [0.2, 0.25) is 0 Å². The zero-order valence-electron chi connectivity index (χ0n) is 10.3. The molecule has 94 valence electrons. The number of amides is 1. The van der Waals surface area contributed by atoms with Crippen LogP contribution in [-0.4, -0.2) is 44.4 Å². The molecule has 0 aromatic carbocycles. The molecule has 2 rings (SSSR count). The lowest BCUT2D eigenvalue weighted by Gasteiger charge is -2.25. The third kappa shape index (κ3) is 2.49. The number of carbonyl (C=O) groups excluding carboxylic acids is 1. The number of likely N-dealkylation sites (tertiary alicyclic amines) is 1. The van der Waals surface area contributed by atoms with Gasteiger partial charge in [-0.2, -0.15) is 5.10 Å². The van der Waals surface area contributed by atoms with Gasteiger partial charge in [0.15, 0.2) is 0 Å². The van der Waals surface area contributed by atoms with Gasteiger partial charge < -0.3 is 10.0 Å². The van der Waals surface area contributed by atoms with Crippen molar-refractivity contribution in [2.75, 3.05) is 6.54 Å². The first-order chi connectivity index (χ1) is 8.09. The van der Waals surface area contributed by atoms with Gasteiger partial charge in [0.25, 0.3) is 5.91 Å². The maximum absolute atomic E-state index is 12.3. The molecule has 0 spiro atoms. The molecule has 0 radical (unpaired) electrons. The SMILES string of the molecule is CC(O)CC1CCCN1C(=O)c1ccnn1C. The molecule has 2 unspecified atom stereocenters. The fourth-order valence-electron chi connectivity index (χ4n) is 2.47. The van der Waals surface area contributed by atoms with Crippen LogP contribution in [0.1, 0.15) is 36.7 Å². The first kappa shape index (κ1) is 12.1. The number of aliphatic hydroxyl groups excluding tert-OH is 1. The minimum atomic E-state index is -0.361. The van der Waals surface area contributed by atoms with E-state index in [0.29, 0.717) is 12.1 Å². The second-order valence-corrected chi connectivity index (χ2v) is 4.72. The summed E-state index contributed by atoms with van der Waals surface area (Å²) in [7, 11) is 1.77. The average molecular weight is 237 g/mol. The Bertz CT molecular complexity index is 400. The van der Waals surface area contributed by atoms with Gasteiger partial charge in [-0.15, -0.1) is 0 Å². The van der Waals surface area contributed by atoms with Gasteiger partial charge in [0.05, 0.1) is 6.10 Å². The van der Waals surface area contributed by atoms with E-state index in [1.807, 2.05) is 4.90 Å². The highest BCUT2D eigenvalue weighted by molar-refractivity contribution is 5.92. The van der Waals surface area contributed by atoms with Crippen molar-refractivity contribution >= 4 is 5.91 Å². The summed E-state index contributed by atoms with van der Waals surface area (Å²) in [5.74, 6) is 0.0214. The molecule has 5 heteroatoms. The number of aromatic nitrogens is 2. The summed E-state index contributed by atoms with van der Waals surface area (Å²) in [5.41, 5.74) is 0.613. The lowest BCUT2D eigenvalue weighted by atomic mass is 10.1. The molecule has 0 aliphatic carbocycles. The molecule has 1 aromatic heterocycles. The van der Waals surface area contributed by atoms with Crippen LogP contribution in [0.4, 0.5) is 0 Å². The fourth-order valence-corrected chi connectivity index (χ4v) is 2.47. The quantitative estimate of drug-likeness (QED) is 0.845. The third-order valence-electron chi connectivity index (χ3n) is 3.29. The second-order valence-electron chi connectivity index (χ2n) is 4.72. The summed E-state index contributed by atoms with van der Waals surface area (Å²) >= 11 is 0.